The zero-order chi connectivity index (χ0) is 15.0. The fraction of sp³-hybridized carbons (Fsp3) is 0.500. The zero-order valence-electron chi connectivity index (χ0n) is 11.1. The number of nitrogens with one attached hydrogen (secondary N) is 1. The molecule has 0 saturated heterocycles. The number of rotatable bonds is 8. The van der Waals surface area contributed by atoms with E-state index in [0.717, 1.165) is 6.07 Å². The molecule has 0 aliphatic heterocycles. The van der Waals surface area contributed by atoms with Gasteiger partial charge in [-0.3, -0.25) is 4.79 Å². The van der Waals surface area contributed by atoms with E-state index in [4.69, 9.17) is 0 Å². The maximum Gasteiger partial charge on any atom is 0.305 e. The van der Waals surface area contributed by atoms with Crippen molar-refractivity contribution in [1.82, 2.24) is 9.71 Å². The molecule has 1 N–H and O–H groups in total. The number of aromatic nitrogens is 1. The fourth-order valence-electron chi connectivity index (χ4n) is 1.52. The average molecular weight is 304 g/mol. The molecule has 0 aromatic carbocycles. The number of nitrogens with zero attached hydrogens (tertiary/aromatic N) is 1. The van der Waals surface area contributed by atoms with E-state index in [1.807, 2.05) is 0 Å². The Kier molecular flexibility index (Phi) is 6.53. The van der Waals surface area contributed by atoms with E-state index in [0.29, 0.717) is 25.7 Å². The number of carbonyl (C=O) groups is 1. The Morgan fingerprint density at radius 2 is 2.15 bits per heavy atom. The van der Waals surface area contributed by atoms with Crippen molar-refractivity contribution < 1.29 is 22.3 Å². The van der Waals surface area contributed by atoms with Crippen LogP contribution in [0, 0.1) is 5.82 Å². The summed E-state index contributed by atoms with van der Waals surface area (Å²) < 4.78 is 43.6. The number of ether oxygens (including phenoxy) is 1. The normalized spacial score (nSPS) is 11.3. The van der Waals surface area contributed by atoms with E-state index in [-0.39, 0.29) is 12.5 Å². The van der Waals surface area contributed by atoms with Gasteiger partial charge in [-0.2, -0.15) is 0 Å². The van der Waals surface area contributed by atoms with Gasteiger partial charge in [0.1, 0.15) is 0 Å². The molecule has 6 nitrogen and oxygen atoms in total. The highest BCUT2D eigenvalue weighted by Gasteiger charge is 2.19. The Hall–Kier alpha value is -1.54. The molecule has 0 unspecified atom stereocenters. The summed E-state index contributed by atoms with van der Waals surface area (Å²) in [6, 6.07) is 2.36. The summed E-state index contributed by atoms with van der Waals surface area (Å²) >= 11 is 0. The lowest BCUT2D eigenvalue weighted by Crippen LogP contribution is -2.26. The predicted molar refractivity (Wildman–Crippen MR) is 69.9 cm³/mol. The van der Waals surface area contributed by atoms with Crippen molar-refractivity contribution in [3.8, 4) is 0 Å². The molecule has 0 saturated carbocycles. The van der Waals surface area contributed by atoms with Crippen LogP contribution in [0.2, 0.25) is 0 Å². The van der Waals surface area contributed by atoms with Gasteiger partial charge in [0.25, 0.3) is 10.0 Å². The van der Waals surface area contributed by atoms with Crippen molar-refractivity contribution in [3.63, 3.8) is 0 Å². The molecule has 1 heterocycles. The van der Waals surface area contributed by atoms with E-state index < -0.39 is 20.9 Å². The van der Waals surface area contributed by atoms with Gasteiger partial charge in [0, 0.05) is 19.2 Å². The van der Waals surface area contributed by atoms with Crippen molar-refractivity contribution in [1.29, 1.82) is 0 Å². The van der Waals surface area contributed by atoms with Crippen LogP contribution in [0.1, 0.15) is 25.7 Å². The third-order valence-corrected chi connectivity index (χ3v) is 3.95. The number of carbonyl (C=O) groups excluding carboxylic acids is 1. The average Bonchev–Trinajstić information content (AvgIpc) is 2.42. The Bertz CT molecular complexity index is 548. The van der Waals surface area contributed by atoms with Crippen molar-refractivity contribution in [3.05, 3.63) is 24.1 Å². The van der Waals surface area contributed by atoms with Crippen molar-refractivity contribution in [2.45, 2.75) is 30.7 Å². The highest BCUT2D eigenvalue weighted by Crippen LogP contribution is 2.09. The number of halogens is 1. The molecule has 20 heavy (non-hydrogen) atoms. The summed E-state index contributed by atoms with van der Waals surface area (Å²) in [4.78, 5) is 14.4. The van der Waals surface area contributed by atoms with Gasteiger partial charge >= 0.3 is 5.97 Å². The zero-order valence-corrected chi connectivity index (χ0v) is 12.0. The van der Waals surface area contributed by atoms with Crippen LogP contribution < -0.4 is 4.72 Å². The summed E-state index contributed by atoms with van der Waals surface area (Å²) in [6.07, 6.45) is 3.35. The molecular formula is C12H17FN2O4S. The van der Waals surface area contributed by atoms with Crippen LogP contribution in [-0.2, 0) is 19.6 Å². The van der Waals surface area contributed by atoms with Crippen molar-refractivity contribution in [2.24, 2.45) is 0 Å². The first kappa shape index (κ1) is 16.5. The molecule has 1 aromatic heterocycles. The number of unbranched alkanes of at least 4 members (excludes halogenated alkanes) is 2. The number of sulfonamides is 1. The minimum Gasteiger partial charge on any atom is -0.469 e. The number of hydrogen-bond acceptors (Lipinski definition) is 5. The molecule has 0 amide bonds. The van der Waals surface area contributed by atoms with E-state index in [1.54, 1.807) is 0 Å². The van der Waals surface area contributed by atoms with Gasteiger partial charge in [0.05, 0.1) is 7.11 Å². The van der Waals surface area contributed by atoms with Crippen LogP contribution in [0.3, 0.4) is 0 Å². The van der Waals surface area contributed by atoms with Crippen LogP contribution >= 0.6 is 0 Å². The van der Waals surface area contributed by atoms with E-state index in [1.165, 1.54) is 19.4 Å². The number of methoxy groups -OCH3 is 1. The van der Waals surface area contributed by atoms with Gasteiger partial charge in [-0.25, -0.2) is 22.5 Å². The minimum atomic E-state index is -3.93. The highest BCUT2D eigenvalue weighted by molar-refractivity contribution is 7.89. The molecule has 112 valence electrons. The van der Waals surface area contributed by atoms with Crippen molar-refractivity contribution >= 4 is 16.0 Å². The molecule has 0 aliphatic carbocycles. The second kappa shape index (κ2) is 7.91. The second-order valence-electron chi connectivity index (χ2n) is 4.07. The Labute approximate surface area is 117 Å². The van der Waals surface area contributed by atoms with Gasteiger partial charge in [0.2, 0.25) is 5.03 Å². The van der Waals surface area contributed by atoms with Gasteiger partial charge in [-0.1, -0.05) is 6.42 Å². The smallest absolute Gasteiger partial charge is 0.305 e. The Morgan fingerprint density at radius 1 is 1.40 bits per heavy atom. The van der Waals surface area contributed by atoms with Crippen molar-refractivity contribution in [2.75, 3.05) is 13.7 Å². The lowest BCUT2D eigenvalue weighted by Gasteiger charge is -2.06. The summed E-state index contributed by atoms with van der Waals surface area (Å²) in [5.41, 5.74) is 0. The lowest BCUT2D eigenvalue weighted by molar-refractivity contribution is -0.140. The number of esters is 1. The maximum absolute atomic E-state index is 13.3. The van der Waals surface area contributed by atoms with Crippen LogP contribution in [0.15, 0.2) is 23.4 Å². The first-order chi connectivity index (χ1) is 9.47. The minimum absolute atomic E-state index is 0.166. The van der Waals surface area contributed by atoms with Gasteiger partial charge in [-0.15, -0.1) is 0 Å². The Morgan fingerprint density at radius 3 is 2.80 bits per heavy atom. The van der Waals surface area contributed by atoms with Gasteiger partial charge < -0.3 is 4.74 Å². The predicted octanol–water partition coefficient (Wildman–Crippen LogP) is 1.23. The van der Waals surface area contributed by atoms with Crippen LogP contribution in [0.25, 0.3) is 0 Å². The monoisotopic (exact) mass is 304 g/mol. The summed E-state index contributed by atoms with van der Waals surface area (Å²) in [7, 11) is -2.61. The fourth-order valence-corrected chi connectivity index (χ4v) is 2.59. The standard InChI is InChI=1S/C12H17FN2O4S/c1-19-11(16)7-3-2-4-9-15-20(17,18)12-10(13)6-5-8-14-12/h5-6,8,15H,2-4,7,9H2,1H3. The summed E-state index contributed by atoms with van der Waals surface area (Å²) in [5, 5.41) is -0.602. The molecular weight excluding hydrogens is 287 g/mol. The molecule has 0 radical (unpaired) electrons. The lowest BCUT2D eigenvalue weighted by atomic mass is 10.2. The Balaban J connectivity index is 2.35. The van der Waals surface area contributed by atoms with Crippen LogP contribution in [0.4, 0.5) is 4.39 Å². The van der Waals surface area contributed by atoms with Gasteiger partial charge in [-0.05, 0) is 25.0 Å². The molecule has 8 heteroatoms. The highest BCUT2D eigenvalue weighted by atomic mass is 32.2. The molecule has 0 atom stereocenters. The molecule has 0 bridgehead atoms. The number of pyridine rings is 1. The molecule has 0 spiro atoms. The molecule has 1 rings (SSSR count). The number of hydrogen-bond donors (Lipinski definition) is 1. The first-order valence-corrected chi connectivity index (χ1v) is 7.62. The third-order valence-electron chi connectivity index (χ3n) is 2.56. The quantitative estimate of drug-likeness (QED) is 0.577. The topological polar surface area (TPSA) is 85.4 Å². The van der Waals surface area contributed by atoms with Gasteiger partial charge in [0.15, 0.2) is 5.82 Å². The summed E-state index contributed by atoms with van der Waals surface area (Å²) in [5.74, 6) is -1.17. The van der Waals surface area contributed by atoms with Crippen LogP contribution in [-0.4, -0.2) is 33.0 Å². The molecule has 1 aromatic rings. The van der Waals surface area contributed by atoms with Crippen LogP contribution in [0.5, 0.6) is 0 Å². The first-order valence-electron chi connectivity index (χ1n) is 6.14. The van der Waals surface area contributed by atoms with E-state index in [2.05, 4.69) is 14.4 Å². The van der Waals surface area contributed by atoms with E-state index in [9.17, 15) is 17.6 Å². The largest absolute Gasteiger partial charge is 0.469 e. The summed E-state index contributed by atoms with van der Waals surface area (Å²) in [6.45, 7) is 0.166. The molecule has 0 fully saturated rings. The second-order valence-corrected chi connectivity index (χ2v) is 5.76. The molecule has 0 aliphatic rings. The maximum atomic E-state index is 13.3. The third kappa shape index (κ3) is 5.22. The SMILES string of the molecule is COC(=O)CCCCCNS(=O)(=O)c1ncccc1F. The van der Waals surface area contributed by atoms with E-state index >= 15 is 0 Å².